The van der Waals surface area contributed by atoms with Crippen LogP contribution in [0.2, 0.25) is 0 Å². The molecule has 0 unspecified atom stereocenters. The molecule has 0 atom stereocenters. The number of carbonyl (C=O) groups is 2. The fourth-order valence-corrected chi connectivity index (χ4v) is 1.31. The van der Waals surface area contributed by atoms with E-state index >= 15 is 0 Å². The fourth-order valence-electron chi connectivity index (χ4n) is 1.31. The Kier molecular flexibility index (Phi) is 3.88. The van der Waals surface area contributed by atoms with Gasteiger partial charge in [0.2, 0.25) is 0 Å². The number of benzene rings is 1. The van der Waals surface area contributed by atoms with Crippen molar-refractivity contribution < 1.29 is 27.9 Å². The zero-order valence-corrected chi connectivity index (χ0v) is 10.2. The summed E-state index contributed by atoms with van der Waals surface area (Å²) >= 11 is 0. The van der Waals surface area contributed by atoms with E-state index in [0.29, 0.717) is 5.56 Å². The van der Waals surface area contributed by atoms with Gasteiger partial charge in [0.1, 0.15) is 0 Å². The molecule has 19 heavy (non-hydrogen) atoms. The lowest BCUT2D eigenvalue weighted by Crippen LogP contribution is -2.31. The second-order valence-electron chi connectivity index (χ2n) is 4.46. The van der Waals surface area contributed by atoms with Crippen LogP contribution in [0.1, 0.15) is 19.4 Å². The van der Waals surface area contributed by atoms with Crippen molar-refractivity contribution in [3.05, 3.63) is 29.8 Å². The van der Waals surface area contributed by atoms with E-state index in [4.69, 9.17) is 5.11 Å². The number of rotatable bonds is 3. The van der Waals surface area contributed by atoms with Gasteiger partial charge in [0.25, 0.3) is 0 Å². The molecule has 1 aromatic rings. The third-order valence-corrected chi connectivity index (χ3v) is 2.63. The van der Waals surface area contributed by atoms with Crippen LogP contribution in [-0.2, 0) is 15.0 Å². The Hall–Kier alpha value is -2.05. The maximum Gasteiger partial charge on any atom is 0.471 e. The minimum Gasteiger partial charge on any atom is -0.481 e. The van der Waals surface area contributed by atoms with E-state index in [1.807, 2.05) is 0 Å². The molecule has 7 heteroatoms. The number of amides is 1. The van der Waals surface area contributed by atoms with Crippen molar-refractivity contribution >= 4 is 17.6 Å². The molecule has 0 bridgehead atoms. The maximum atomic E-state index is 12.1. The Labute approximate surface area is 107 Å². The van der Waals surface area contributed by atoms with Crippen molar-refractivity contribution in [3.63, 3.8) is 0 Å². The highest BCUT2D eigenvalue weighted by atomic mass is 19.4. The zero-order valence-electron chi connectivity index (χ0n) is 10.2. The number of halogens is 3. The molecule has 104 valence electrons. The Morgan fingerprint density at radius 3 is 2.26 bits per heavy atom. The van der Waals surface area contributed by atoms with Gasteiger partial charge in [0.05, 0.1) is 5.41 Å². The van der Waals surface area contributed by atoms with Crippen molar-refractivity contribution in [2.45, 2.75) is 25.4 Å². The summed E-state index contributed by atoms with van der Waals surface area (Å²) in [7, 11) is 0. The lowest BCUT2D eigenvalue weighted by atomic mass is 9.84. The summed E-state index contributed by atoms with van der Waals surface area (Å²) in [6, 6.07) is 5.31. The van der Waals surface area contributed by atoms with Gasteiger partial charge in [-0.2, -0.15) is 13.2 Å². The maximum absolute atomic E-state index is 12.1. The highest BCUT2D eigenvalue weighted by molar-refractivity contribution is 5.95. The van der Waals surface area contributed by atoms with Crippen molar-refractivity contribution in [1.29, 1.82) is 0 Å². The number of hydrogen-bond donors (Lipinski definition) is 2. The van der Waals surface area contributed by atoms with E-state index < -0.39 is 23.5 Å². The number of carbonyl (C=O) groups excluding carboxylic acids is 1. The van der Waals surface area contributed by atoms with Crippen molar-refractivity contribution in [3.8, 4) is 0 Å². The minimum atomic E-state index is -4.99. The van der Waals surface area contributed by atoms with Crippen LogP contribution in [0.25, 0.3) is 0 Å². The summed E-state index contributed by atoms with van der Waals surface area (Å²) in [6.45, 7) is 2.83. The molecule has 0 heterocycles. The van der Waals surface area contributed by atoms with Crippen LogP contribution >= 0.6 is 0 Å². The smallest absolute Gasteiger partial charge is 0.471 e. The molecule has 0 radical (unpaired) electrons. The quantitative estimate of drug-likeness (QED) is 0.890. The topological polar surface area (TPSA) is 66.4 Å². The van der Waals surface area contributed by atoms with Crippen LogP contribution in [0.3, 0.4) is 0 Å². The van der Waals surface area contributed by atoms with E-state index in [1.165, 1.54) is 38.1 Å². The molecule has 1 aromatic carbocycles. The van der Waals surface area contributed by atoms with Crippen molar-refractivity contribution in [2.24, 2.45) is 0 Å². The Morgan fingerprint density at radius 2 is 1.79 bits per heavy atom. The number of carboxylic acids is 1. The predicted molar refractivity (Wildman–Crippen MR) is 61.8 cm³/mol. The summed E-state index contributed by atoms with van der Waals surface area (Å²) in [5, 5.41) is 10.7. The number of hydrogen-bond acceptors (Lipinski definition) is 2. The summed E-state index contributed by atoms with van der Waals surface area (Å²) in [5.74, 6) is -3.22. The number of nitrogens with one attached hydrogen (secondary N) is 1. The van der Waals surface area contributed by atoms with Crippen LogP contribution < -0.4 is 5.32 Å². The number of alkyl halides is 3. The molecule has 0 spiro atoms. The number of carboxylic acid groups (broad SMARTS) is 1. The van der Waals surface area contributed by atoms with Gasteiger partial charge < -0.3 is 10.4 Å². The first kappa shape index (κ1) is 15.0. The Bertz CT molecular complexity index is 509. The SMILES string of the molecule is CC(C)(C(=O)O)c1cccc(NC(=O)C(F)(F)F)c1. The lowest BCUT2D eigenvalue weighted by Gasteiger charge is -2.20. The second-order valence-corrected chi connectivity index (χ2v) is 4.46. The highest BCUT2D eigenvalue weighted by Gasteiger charge is 2.39. The molecule has 2 N–H and O–H groups in total. The molecule has 0 fully saturated rings. The molecule has 0 aliphatic carbocycles. The van der Waals surface area contributed by atoms with E-state index in [2.05, 4.69) is 0 Å². The van der Waals surface area contributed by atoms with Gasteiger partial charge in [0.15, 0.2) is 0 Å². The normalized spacial score (nSPS) is 12.1. The molecule has 1 amide bonds. The van der Waals surface area contributed by atoms with Gasteiger partial charge in [-0.15, -0.1) is 0 Å². The van der Waals surface area contributed by atoms with Crippen LogP contribution in [0.4, 0.5) is 18.9 Å². The minimum absolute atomic E-state index is 0.103. The van der Waals surface area contributed by atoms with Crippen molar-refractivity contribution in [2.75, 3.05) is 5.32 Å². The Balaban J connectivity index is 3.02. The largest absolute Gasteiger partial charge is 0.481 e. The molecule has 1 rings (SSSR count). The number of anilines is 1. The van der Waals surface area contributed by atoms with Gasteiger partial charge in [0, 0.05) is 5.69 Å². The van der Waals surface area contributed by atoms with Gasteiger partial charge in [-0.05, 0) is 31.5 Å². The molecular formula is C12H12F3NO3. The van der Waals surface area contributed by atoms with Crippen molar-refractivity contribution in [1.82, 2.24) is 0 Å². The number of aliphatic carboxylic acids is 1. The molecule has 4 nitrogen and oxygen atoms in total. The van der Waals surface area contributed by atoms with Gasteiger partial charge in [-0.3, -0.25) is 9.59 Å². The predicted octanol–water partition coefficient (Wildman–Crippen LogP) is 2.55. The molecule has 0 aliphatic rings. The first-order valence-electron chi connectivity index (χ1n) is 5.27. The van der Waals surface area contributed by atoms with E-state index in [0.717, 1.165) is 0 Å². The van der Waals surface area contributed by atoms with E-state index in [9.17, 15) is 22.8 Å². The third kappa shape index (κ3) is 3.46. The molecule has 0 aliphatic heterocycles. The van der Waals surface area contributed by atoms with Gasteiger partial charge in [-0.25, -0.2) is 0 Å². The van der Waals surface area contributed by atoms with Crippen LogP contribution in [0.5, 0.6) is 0 Å². The monoisotopic (exact) mass is 275 g/mol. The fraction of sp³-hybridized carbons (Fsp3) is 0.333. The summed E-state index contributed by atoms with van der Waals surface area (Å²) < 4.78 is 36.3. The molecule has 0 saturated heterocycles. The Morgan fingerprint density at radius 1 is 1.21 bits per heavy atom. The highest BCUT2D eigenvalue weighted by Crippen LogP contribution is 2.26. The van der Waals surface area contributed by atoms with Gasteiger partial charge >= 0.3 is 18.1 Å². The molecular weight excluding hydrogens is 263 g/mol. The van der Waals surface area contributed by atoms with Crippen LogP contribution in [0, 0.1) is 0 Å². The summed E-state index contributed by atoms with van der Waals surface area (Å²) in [5.41, 5.74) is -1.08. The van der Waals surface area contributed by atoms with Gasteiger partial charge in [-0.1, -0.05) is 12.1 Å². The average molecular weight is 275 g/mol. The standard InChI is InChI=1S/C12H12F3NO3/c1-11(2,10(18)19)7-4-3-5-8(6-7)16-9(17)12(13,14)15/h3-6H,1-2H3,(H,16,17)(H,18,19). The lowest BCUT2D eigenvalue weighted by molar-refractivity contribution is -0.167. The van der Waals surface area contributed by atoms with Crippen LogP contribution in [0.15, 0.2) is 24.3 Å². The van der Waals surface area contributed by atoms with Crippen LogP contribution in [-0.4, -0.2) is 23.2 Å². The first-order chi connectivity index (χ1) is 8.55. The van der Waals surface area contributed by atoms with E-state index in [-0.39, 0.29) is 5.69 Å². The first-order valence-corrected chi connectivity index (χ1v) is 5.27. The zero-order chi connectivity index (χ0) is 14.8. The molecule has 0 saturated carbocycles. The third-order valence-electron chi connectivity index (χ3n) is 2.63. The average Bonchev–Trinajstić information content (AvgIpc) is 2.27. The summed E-state index contributed by atoms with van der Waals surface area (Å²) in [4.78, 5) is 21.8. The summed E-state index contributed by atoms with van der Waals surface area (Å²) in [6.07, 6.45) is -4.99. The second kappa shape index (κ2) is 4.91. The molecule has 0 aromatic heterocycles. The van der Waals surface area contributed by atoms with E-state index in [1.54, 1.807) is 5.32 Å².